The number of nitrogens with zero attached hydrogens (tertiary/aromatic N) is 1. The van der Waals surface area contributed by atoms with E-state index in [4.69, 9.17) is 19.3 Å². The van der Waals surface area contributed by atoms with Crippen LogP contribution in [0.15, 0.2) is 27.4 Å². The summed E-state index contributed by atoms with van der Waals surface area (Å²) in [6, 6.07) is 1.94. The van der Waals surface area contributed by atoms with Crippen molar-refractivity contribution in [2.24, 2.45) is 0 Å². The molecule has 2 rings (SSSR count). The minimum atomic E-state index is 0.125. The van der Waals surface area contributed by atoms with Gasteiger partial charge in [0.1, 0.15) is 0 Å². The van der Waals surface area contributed by atoms with Gasteiger partial charge in [0.05, 0.1) is 19.1 Å². The van der Waals surface area contributed by atoms with Crippen LogP contribution < -0.4 is 5.73 Å². The Balaban J connectivity index is 2.36. The predicted octanol–water partition coefficient (Wildman–Crippen LogP) is 1.66. The van der Waals surface area contributed by atoms with Crippen molar-refractivity contribution in [3.05, 3.63) is 24.1 Å². The molecule has 0 fully saturated rings. The van der Waals surface area contributed by atoms with Gasteiger partial charge < -0.3 is 19.3 Å². The Bertz CT molecular complexity index is 419. The molecule has 2 aromatic heterocycles. The van der Waals surface area contributed by atoms with Crippen LogP contribution in [0.1, 0.15) is 5.56 Å². The van der Waals surface area contributed by atoms with E-state index < -0.39 is 0 Å². The van der Waals surface area contributed by atoms with Gasteiger partial charge in [-0.15, -0.1) is 0 Å². The van der Waals surface area contributed by atoms with E-state index >= 15 is 0 Å². The maximum Gasteiger partial charge on any atom is 0.292 e. The van der Waals surface area contributed by atoms with Crippen molar-refractivity contribution < 1.29 is 13.6 Å². The lowest BCUT2D eigenvalue weighted by molar-refractivity contribution is 0.184. The average Bonchev–Trinajstić information content (AvgIpc) is 2.74. The van der Waals surface area contributed by atoms with Gasteiger partial charge >= 0.3 is 0 Å². The summed E-state index contributed by atoms with van der Waals surface area (Å²) < 4.78 is 15.4. The molecular weight excluding hydrogens is 184 g/mol. The van der Waals surface area contributed by atoms with Crippen molar-refractivity contribution in [3.63, 3.8) is 0 Å². The number of hydrogen-bond acceptors (Lipinski definition) is 5. The minimum absolute atomic E-state index is 0.125. The first-order valence-corrected chi connectivity index (χ1v) is 4.08. The molecule has 5 heteroatoms. The third kappa shape index (κ3) is 1.49. The van der Waals surface area contributed by atoms with Crippen LogP contribution in [0.4, 0.5) is 6.01 Å². The van der Waals surface area contributed by atoms with E-state index in [1.165, 1.54) is 6.20 Å². The average molecular weight is 194 g/mol. The van der Waals surface area contributed by atoms with Crippen molar-refractivity contribution in [2.45, 2.75) is 6.61 Å². The van der Waals surface area contributed by atoms with E-state index in [1.54, 1.807) is 13.4 Å². The van der Waals surface area contributed by atoms with Crippen LogP contribution in [0.25, 0.3) is 11.5 Å². The number of nitrogen functional groups attached to an aromatic ring is 1. The van der Waals surface area contributed by atoms with Crippen LogP contribution in [0.3, 0.4) is 0 Å². The summed E-state index contributed by atoms with van der Waals surface area (Å²) in [6.45, 7) is 0.465. The third-order valence-corrected chi connectivity index (χ3v) is 1.79. The van der Waals surface area contributed by atoms with Crippen LogP contribution in [0, 0.1) is 0 Å². The number of oxazole rings is 1. The van der Waals surface area contributed by atoms with Crippen LogP contribution in [0.5, 0.6) is 0 Å². The van der Waals surface area contributed by atoms with E-state index in [0.717, 1.165) is 5.56 Å². The molecule has 0 radical (unpaired) electrons. The summed E-state index contributed by atoms with van der Waals surface area (Å²) in [4.78, 5) is 3.78. The first-order chi connectivity index (χ1) is 6.81. The zero-order valence-electron chi connectivity index (χ0n) is 7.69. The first-order valence-electron chi connectivity index (χ1n) is 4.08. The molecule has 0 spiro atoms. The topological polar surface area (TPSA) is 74.4 Å². The summed E-state index contributed by atoms with van der Waals surface area (Å²) in [6.07, 6.45) is 3.09. The van der Waals surface area contributed by atoms with Gasteiger partial charge in [-0.2, -0.15) is 0 Å². The molecule has 0 bridgehead atoms. The number of aromatic nitrogens is 1. The predicted molar refractivity (Wildman–Crippen MR) is 49.3 cm³/mol. The second-order valence-electron chi connectivity index (χ2n) is 2.77. The number of furan rings is 1. The molecule has 0 aliphatic rings. The van der Waals surface area contributed by atoms with Gasteiger partial charge in [-0.25, -0.2) is 4.98 Å². The zero-order chi connectivity index (χ0) is 9.97. The Kier molecular flexibility index (Phi) is 2.24. The Hall–Kier alpha value is -1.75. The van der Waals surface area contributed by atoms with Gasteiger partial charge in [-0.05, 0) is 6.07 Å². The fourth-order valence-corrected chi connectivity index (χ4v) is 1.21. The molecular formula is C9H10N2O3. The first kappa shape index (κ1) is 8.83. The monoisotopic (exact) mass is 194 g/mol. The van der Waals surface area contributed by atoms with Gasteiger partial charge in [0, 0.05) is 12.7 Å². The highest BCUT2D eigenvalue weighted by molar-refractivity contribution is 5.54. The second-order valence-corrected chi connectivity index (χ2v) is 2.77. The summed E-state index contributed by atoms with van der Waals surface area (Å²) in [5, 5.41) is 0. The van der Waals surface area contributed by atoms with Crippen molar-refractivity contribution in [1.82, 2.24) is 4.98 Å². The number of methoxy groups -OCH3 is 1. The summed E-state index contributed by atoms with van der Waals surface area (Å²) in [5.41, 5.74) is 6.26. The number of hydrogen-bond donors (Lipinski definition) is 1. The van der Waals surface area contributed by atoms with Gasteiger partial charge in [0.15, 0.2) is 11.5 Å². The standard InChI is InChI=1S/C9H10N2O3/c1-12-5-6-2-3-13-8(6)7-4-11-9(10)14-7/h2-4H,5H2,1H3,(H2,10,11). The zero-order valence-corrected chi connectivity index (χ0v) is 7.69. The van der Waals surface area contributed by atoms with Crippen LogP contribution >= 0.6 is 0 Å². The molecule has 2 aromatic rings. The highest BCUT2D eigenvalue weighted by Gasteiger charge is 2.12. The fourth-order valence-electron chi connectivity index (χ4n) is 1.21. The molecule has 5 nitrogen and oxygen atoms in total. The van der Waals surface area contributed by atoms with Gasteiger partial charge in [0.25, 0.3) is 6.01 Å². The summed E-state index contributed by atoms with van der Waals surface area (Å²) in [7, 11) is 1.62. The smallest absolute Gasteiger partial charge is 0.292 e. The summed E-state index contributed by atoms with van der Waals surface area (Å²) in [5.74, 6) is 1.12. The fraction of sp³-hybridized carbons (Fsp3) is 0.222. The highest BCUT2D eigenvalue weighted by Crippen LogP contribution is 2.26. The van der Waals surface area contributed by atoms with Crippen LogP contribution in [-0.2, 0) is 11.3 Å². The molecule has 0 saturated carbocycles. The lowest BCUT2D eigenvalue weighted by Crippen LogP contribution is -1.86. The SMILES string of the molecule is COCc1ccoc1-c1cnc(N)o1. The Labute approximate surface area is 80.5 Å². The Morgan fingerprint density at radius 2 is 2.43 bits per heavy atom. The van der Waals surface area contributed by atoms with Gasteiger partial charge in [-0.3, -0.25) is 0 Å². The number of nitrogens with two attached hydrogens (primary N) is 1. The van der Waals surface area contributed by atoms with Crippen LogP contribution in [0.2, 0.25) is 0 Å². The summed E-state index contributed by atoms with van der Waals surface area (Å²) >= 11 is 0. The third-order valence-electron chi connectivity index (χ3n) is 1.79. The quantitative estimate of drug-likeness (QED) is 0.804. The molecule has 74 valence electrons. The maximum atomic E-state index is 5.36. The largest absolute Gasteiger partial charge is 0.461 e. The number of anilines is 1. The van der Waals surface area contributed by atoms with E-state index in [1.807, 2.05) is 6.07 Å². The number of rotatable bonds is 3. The molecule has 0 aliphatic carbocycles. The van der Waals surface area contributed by atoms with E-state index in [2.05, 4.69) is 4.98 Å². The number of ether oxygens (including phenoxy) is 1. The molecule has 0 aliphatic heterocycles. The Morgan fingerprint density at radius 3 is 3.07 bits per heavy atom. The molecule has 2 heterocycles. The lowest BCUT2D eigenvalue weighted by Gasteiger charge is -1.96. The molecule has 0 aromatic carbocycles. The molecule has 2 N–H and O–H groups in total. The molecule has 14 heavy (non-hydrogen) atoms. The van der Waals surface area contributed by atoms with Crippen molar-refractivity contribution in [1.29, 1.82) is 0 Å². The lowest BCUT2D eigenvalue weighted by atomic mass is 10.2. The second kappa shape index (κ2) is 3.55. The van der Waals surface area contributed by atoms with Crippen molar-refractivity contribution in [2.75, 3.05) is 12.8 Å². The molecule has 0 atom stereocenters. The maximum absolute atomic E-state index is 5.36. The normalized spacial score (nSPS) is 10.6. The highest BCUT2D eigenvalue weighted by atomic mass is 16.5. The van der Waals surface area contributed by atoms with Crippen molar-refractivity contribution in [3.8, 4) is 11.5 Å². The van der Waals surface area contributed by atoms with Gasteiger partial charge in [-0.1, -0.05) is 0 Å². The van der Waals surface area contributed by atoms with Crippen molar-refractivity contribution >= 4 is 6.01 Å². The van der Waals surface area contributed by atoms with Crippen LogP contribution in [-0.4, -0.2) is 12.1 Å². The van der Waals surface area contributed by atoms with E-state index in [-0.39, 0.29) is 6.01 Å². The molecule has 0 unspecified atom stereocenters. The Morgan fingerprint density at radius 1 is 1.57 bits per heavy atom. The minimum Gasteiger partial charge on any atom is -0.461 e. The van der Waals surface area contributed by atoms with E-state index in [9.17, 15) is 0 Å². The molecule has 0 amide bonds. The molecule has 0 saturated heterocycles. The van der Waals surface area contributed by atoms with Gasteiger partial charge in [0.2, 0.25) is 0 Å². The van der Waals surface area contributed by atoms with E-state index in [0.29, 0.717) is 18.1 Å².